The van der Waals surface area contributed by atoms with Crippen LogP contribution in [-0.4, -0.2) is 11.8 Å². The molecule has 0 saturated heterocycles. The maximum absolute atomic E-state index is 5.92. The molecule has 0 spiro atoms. The van der Waals surface area contributed by atoms with Crippen molar-refractivity contribution < 1.29 is 0 Å². The predicted molar refractivity (Wildman–Crippen MR) is 79.1 cm³/mol. The molecule has 18 heavy (non-hydrogen) atoms. The molecule has 0 bridgehead atoms. The van der Waals surface area contributed by atoms with E-state index in [9.17, 15) is 0 Å². The molecule has 0 aliphatic heterocycles. The minimum atomic E-state index is 0.733. The number of fused-ring (bicyclic) bond motifs is 1. The van der Waals surface area contributed by atoms with Gasteiger partial charge in [-0.15, -0.1) is 11.8 Å². The van der Waals surface area contributed by atoms with Crippen molar-refractivity contribution in [2.75, 3.05) is 6.54 Å². The van der Waals surface area contributed by atoms with E-state index < -0.39 is 0 Å². The highest BCUT2D eigenvalue weighted by molar-refractivity contribution is 8.00. The SMILES string of the molecule is NCC1CCCCC1Sc1ccc2c(c1)CCC2. The van der Waals surface area contributed by atoms with Crippen molar-refractivity contribution >= 4 is 11.8 Å². The Morgan fingerprint density at radius 2 is 1.89 bits per heavy atom. The maximum atomic E-state index is 5.92. The summed E-state index contributed by atoms with van der Waals surface area (Å²) in [5.41, 5.74) is 9.10. The summed E-state index contributed by atoms with van der Waals surface area (Å²) in [6.45, 7) is 0.864. The Morgan fingerprint density at radius 3 is 2.78 bits per heavy atom. The van der Waals surface area contributed by atoms with Gasteiger partial charge in [-0.3, -0.25) is 0 Å². The average molecular weight is 261 g/mol. The summed E-state index contributed by atoms with van der Waals surface area (Å²) in [5.74, 6) is 0.733. The third-order valence-electron chi connectivity index (χ3n) is 4.50. The van der Waals surface area contributed by atoms with Gasteiger partial charge in [0.15, 0.2) is 0 Å². The number of thioether (sulfide) groups is 1. The number of aryl methyl sites for hydroxylation is 2. The smallest absolute Gasteiger partial charge is 0.0135 e. The molecule has 1 saturated carbocycles. The van der Waals surface area contributed by atoms with E-state index in [-0.39, 0.29) is 0 Å². The van der Waals surface area contributed by atoms with Gasteiger partial charge in [0.25, 0.3) is 0 Å². The first-order valence-corrected chi connectivity index (χ1v) is 8.23. The number of rotatable bonds is 3. The van der Waals surface area contributed by atoms with Crippen LogP contribution in [0.5, 0.6) is 0 Å². The van der Waals surface area contributed by atoms with Crippen LogP contribution in [0.25, 0.3) is 0 Å². The van der Waals surface area contributed by atoms with E-state index in [1.807, 2.05) is 0 Å². The van der Waals surface area contributed by atoms with Gasteiger partial charge in [-0.1, -0.05) is 18.9 Å². The van der Waals surface area contributed by atoms with Gasteiger partial charge in [-0.25, -0.2) is 0 Å². The summed E-state index contributed by atoms with van der Waals surface area (Å²) in [4.78, 5) is 1.47. The average Bonchev–Trinajstić information content (AvgIpc) is 2.87. The molecule has 3 rings (SSSR count). The van der Waals surface area contributed by atoms with E-state index >= 15 is 0 Å². The number of benzene rings is 1. The Balaban J connectivity index is 1.71. The summed E-state index contributed by atoms with van der Waals surface area (Å²) in [5, 5.41) is 0.753. The molecule has 2 unspecified atom stereocenters. The minimum absolute atomic E-state index is 0.733. The van der Waals surface area contributed by atoms with E-state index in [0.717, 1.165) is 17.7 Å². The fourth-order valence-electron chi connectivity index (χ4n) is 3.39. The van der Waals surface area contributed by atoms with Gasteiger partial charge in [0.05, 0.1) is 0 Å². The van der Waals surface area contributed by atoms with Gasteiger partial charge < -0.3 is 5.73 Å². The maximum Gasteiger partial charge on any atom is 0.0135 e. The number of hydrogen-bond donors (Lipinski definition) is 1. The lowest BCUT2D eigenvalue weighted by Crippen LogP contribution is -2.28. The molecule has 2 heteroatoms. The van der Waals surface area contributed by atoms with E-state index in [1.54, 1.807) is 11.1 Å². The summed E-state index contributed by atoms with van der Waals surface area (Å²) in [6.07, 6.45) is 9.37. The normalized spacial score (nSPS) is 27.2. The van der Waals surface area contributed by atoms with Gasteiger partial charge in [-0.2, -0.15) is 0 Å². The number of nitrogens with two attached hydrogens (primary N) is 1. The van der Waals surface area contributed by atoms with Crippen molar-refractivity contribution in [1.82, 2.24) is 0 Å². The van der Waals surface area contributed by atoms with Gasteiger partial charge in [0, 0.05) is 10.1 Å². The molecular formula is C16H23NS. The fourth-order valence-corrected chi connectivity index (χ4v) is 4.83. The Labute approximate surface area is 115 Å². The predicted octanol–water partition coefficient (Wildman–Crippen LogP) is 3.78. The van der Waals surface area contributed by atoms with Gasteiger partial charge in [0.2, 0.25) is 0 Å². The highest BCUT2D eigenvalue weighted by Gasteiger charge is 2.25. The Bertz CT molecular complexity index is 416. The Morgan fingerprint density at radius 1 is 1.06 bits per heavy atom. The molecule has 1 nitrogen and oxygen atoms in total. The first kappa shape index (κ1) is 12.6. The van der Waals surface area contributed by atoms with Crippen LogP contribution in [0.3, 0.4) is 0 Å². The minimum Gasteiger partial charge on any atom is -0.330 e. The number of hydrogen-bond acceptors (Lipinski definition) is 2. The zero-order valence-electron chi connectivity index (χ0n) is 11.0. The first-order valence-electron chi connectivity index (χ1n) is 7.35. The lowest BCUT2D eigenvalue weighted by Gasteiger charge is -2.30. The molecule has 2 aliphatic rings. The Hall–Kier alpha value is -0.470. The van der Waals surface area contributed by atoms with Crippen LogP contribution >= 0.6 is 11.8 Å². The largest absolute Gasteiger partial charge is 0.330 e. The summed E-state index contributed by atoms with van der Waals surface area (Å²) in [7, 11) is 0. The quantitative estimate of drug-likeness (QED) is 0.896. The lowest BCUT2D eigenvalue weighted by molar-refractivity contribution is 0.378. The third kappa shape index (κ3) is 2.60. The summed E-state index contributed by atoms with van der Waals surface area (Å²) in [6, 6.07) is 7.12. The van der Waals surface area contributed by atoms with Crippen LogP contribution in [0.1, 0.15) is 43.2 Å². The summed E-state index contributed by atoms with van der Waals surface area (Å²) >= 11 is 2.08. The van der Waals surface area contributed by atoms with Crippen molar-refractivity contribution in [3.63, 3.8) is 0 Å². The standard InChI is InChI=1S/C16H23NS/c17-11-14-4-1-2-7-16(14)18-15-9-8-12-5-3-6-13(12)10-15/h8-10,14,16H,1-7,11,17H2. The van der Waals surface area contributed by atoms with Gasteiger partial charge in [0.1, 0.15) is 0 Å². The third-order valence-corrected chi connectivity index (χ3v) is 5.95. The lowest BCUT2D eigenvalue weighted by atomic mass is 9.89. The van der Waals surface area contributed by atoms with Crippen molar-refractivity contribution in [3.8, 4) is 0 Å². The van der Waals surface area contributed by atoms with Crippen LogP contribution in [0.4, 0.5) is 0 Å². The van der Waals surface area contributed by atoms with Crippen molar-refractivity contribution in [2.24, 2.45) is 11.7 Å². The van der Waals surface area contributed by atoms with Crippen LogP contribution < -0.4 is 5.73 Å². The van der Waals surface area contributed by atoms with Crippen molar-refractivity contribution in [2.45, 2.75) is 55.1 Å². The Kier molecular flexibility index (Phi) is 3.95. The molecule has 1 fully saturated rings. The zero-order valence-corrected chi connectivity index (χ0v) is 11.8. The molecule has 0 aromatic heterocycles. The topological polar surface area (TPSA) is 26.0 Å². The monoisotopic (exact) mass is 261 g/mol. The van der Waals surface area contributed by atoms with E-state index in [2.05, 4.69) is 30.0 Å². The van der Waals surface area contributed by atoms with Crippen molar-refractivity contribution in [3.05, 3.63) is 29.3 Å². The molecule has 2 N–H and O–H groups in total. The molecule has 98 valence electrons. The van der Waals surface area contributed by atoms with Gasteiger partial charge >= 0.3 is 0 Å². The summed E-state index contributed by atoms with van der Waals surface area (Å²) < 4.78 is 0. The van der Waals surface area contributed by atoms with Crippen LogP contribution in [-0.2, 0) is 12.8 Å². The second-order valence-electron chi connectivity index (χ2n) is 5.72. The second kappa shape index (κ2) is 5.66. The molecular weight excluding hydrogens is 238 g/mol. The first-order chi connectivity index (χ1) is 8.86. The van der Waals surface area contributed by atoms with Crippen LogP contribution in [0.2, 0.25) is 0 Å². The second-order valence-corrected chi connectivity index (χ2v) is 7.03. The molecule has 0 radical (unpaired) electrons. The van der Waals surface area contributed by atoms with Gasteiger partial charge in [-0.05, 0) is 67.8 Å². The van der Waals surface area contributed by atoms with E-state index in [4.69, 9.17) is 5.73 Å². The van der Waals surface area contributed by atoms with E-state index in [0.29, 0.717) is 0 Å². The zero-order chi connectivity index (χ0) is 12.4. The molecule has 0 amide bonds. The fraction of sp³-hybridized carbons (Fsp3) is 0.625. The highest BCUT2D eigenvalue weighted by atomic mass is 32.2. The van der Waals surface area contributed by atoms with Crippen LogP contribution in [0.15, 0.2) is 23.1 Å². The highest BCUT2D eigenvalue weighted by Crippen LogP contribution is 2.38. The van der Waals surface area contributed by atoms with Crippen LogP contribution in [0, 0.1) is 5.92 Å². The molecule has 0 heterocycles. The molecule has 2 atom stereocenters. The molecule has 1 aromatic rings. The molecule has 2 aliphatic carbocycles. The van der Waals surface area contributed by atoms with E-state index in [1.165, 1.54) is 49.8 Å². The molecule has 1 aromatic carbocycles. The van der Waals surface area contributed by atoms with Crippen molar-refractivity contribution in [1.29, 1.82) is 0 Å².